The number of methoxy groups -OCH3 is 5. The lowest BCUT2D eigenvalue weighted by molar-refractivity contribution is 0.0600. The minimum Gasteiger partial charge on any atom is -0.497 e. The molecule has 0 bridgehead atoms. The Hall–Kier alpha value is -4.31. The minimum atomic E-state index is -0.577. The summed E-state index contributed by atoms with van der Waals surface area (Å²) in [6, 6.07) is 10.2. The highest BCUT2D eigenvalue weighted by molar-refractivity contribution is 7.21. The van der Waals surface area contributed by atoms with E-state index in [-0.39, 0.29) is 21.9 Å². The molecule has 192 valence electrons. The number of nitrogens with zero attached hydrogens (tertiary/aromatic N) is 1. The van der Waals surface area contributed by atoms with Crippen molar-refractivity contribution in [3.05, 3.63) is 58.1 Å². The van der Waals surface area contributed by atoms with Crippen LogP contribution in [0.1, 0.15) is 31.3 Å². The molecule has 0 aliphatic rings. The first-order chi connectivity index (χ1) is 17.8. The van der Waals surface area contributed by atoms with Gasteiger partial charge in [0.05, 0.1) is 58.1 Å². The predicted molar refractivity (Wildman–Crippen MR) is 142 cm³/mol. The number of carbonyl (C=O) groups is 2. The van der Waals surface area contributed by atoms with Crippen molar-refractivity contribution in [1.82, 2.24) is 4.98 Å². The second-order valence-electron chi connectivity index (χ2n) is 7.93. The molecule has 0 unspecified atom stereocenters. The van der Waals surface area contributed by atoms with E-state index in [1.54, 1.807) is 43.3 Å². The minimum absolute atomic E-state index is 0.199. The Bertz CT molecular complexity index is 1530. The standard InChI is InChI=1S/C27H26N2O7S/c1-13-20(27(31)36-6)21(14-7-10-17(33-3)19(11-14)35-5)22-23(28)25(37-26(22)29-13)24(30)16-9-8-15(32-2)12-18(16)34-4/h7-12H,28H2,1-6H3. The smallest absolute Gasteiger partial charge is 0.340 e. The molecule has 0 amide bonds. The van der Waals surface area contributed by atoms with Gasteiger partial charge in [0.15, 0.2) is 11.5 Å². The monoisotopic (exact) mass is 522 g/mol. The summed E-state index contributed by atoms with van der Waals surface area (Å²) >= 11 is 1.14. The third-order valence-electron chi connectivity index (χ3n) is 5.98. The largest absolute Gasteiger partial charge is 0.497 e. The van der Waals surface area contributed by atoms with Crippen LogP contribution in [0.4, 0.5) is 5.69 Å². The molecule has 4 rings (SSSR count). The third-order valence-corrected chi connectivity index (χ3v) is 7.08. The van der Waals surface area contributed by atoms with Crippen LogP contribution in [-0.4, -0.2) is 52.3 Å². The van der Waals surface area contributed by atoms with Gasteiger partial charge in [-0.15, -0.1) is 11.3 Å². The van der Waals surface area contributed by atoms with Gasteiger partial charge >= 0.3 is 5.97 Å². The van der Waals surface area contributed by atoms with Gasteiger partial charge in [-0.25, -0.2) is 9.78 Å². The Labute approximate surface area is 217 Å². The number of ketones is 1. The molecule has 2 heterocycles. The predicted octanol–water partition coefficient (Wildman–Crippen LogP) is 4.91. The summed E-state index contributed by atoms with van der Waals surface area (Å²) in [4.78, 5) is 32.0. The number of aryl methyl sites for hydroxylation is 1. The molecule has 0 fully saturated rings. The number of anilines is 1. The Balaban J connectivity index is 2.02. The van der Waals surface area contributed by atoms with Crippen LogP contribution in [0.2, 0.25) is 0 Å². The molecule has 0 radical (unpaired) electrons. The fourth-order valence-corrected chi connectivity index (χ4v) is 5.28. The topological polar surface area (TPSA) is 119 Å². The van der Waals surface area contributed by atoms with E-state index in [0.717, 1.165) is 11.3 Å². The zero-order valence-corrected chi connectivity index (χ0v) is 22.1. The summed E-state index contributed by atoms with van der Waals surface area (Å²) in [5, 5.41) is 0.471. The molecule has 4 aromatic rings. The van der Waals surface area contributed by atoms with Gasteiger partial charge in [0.25, 0.3) is 0 Å². The van der Waals surface area contributed by atoms with Crippen LogP contribution in [0.3, 0.4) is 0 Å². The van der Waals surface area contributed by atoms with E-state index in [1.165, 1.54) is 35.5 Å². The number of hydrogen-bond donors (Lipinski definition) is 1. The van der Waals surface area contributed by atoms with Gasteiger partial charge in [-0.3, -0.25) is 4.79 Å². The number of rotatable bonds is 8. The Kier molecular flexibility index (Phi) is 7.21. The fraction of sp³-hybridized carbons (Fsp3) is 0.222. The maximum absolute atomic E-state index is 13.7. The van der Waals surface area contributed by atoms with Crippen molar-refractivity contribution in [2.75, 3.05) is 41.3 Å². The molecule has 0 aliphatic heterocycles. The Morgan fingerprint density at radius 1 is 0.865 bits per heavy atom. The van der Waals surface area contributed by atoms with Crippen molar-refractivity contribution in [1.29, 1.82) is 0 Å². The molecular weight excluding hydrogens is 496 g/mol. The first-order valence-electron chi connectivity index (χ1n) is 11.1. The van der Waals surface area contributed by atoms with E-state index in [9.17, 15) is 9.59 Å². The van der Waals surface area contributed by atoms with Crippen LogP contribution in [0.25, 0.3) is 21.3 Å². The molecule has 0 spiro atoms. The van der Waals surface area contributed by atoms with Crippen LogP contribution in [0.5, 0.6) is 23.0 Å². The van der Waals surface area contributed by atoms with Crippen molar-refractivity contribution in [2.45, 2.75) is 6.92 Å². The first kappa shape index (κ1) is 25.8. The van der Waals surface area contributed by atoms with Crippen LogP contribution in [0.15, 0.2) is 36.4 Å². The molecule has 2 aromatic heterocycles. The molecular formula is C27H26N2O7S. The zero-order chi connectivity index (χ0) is 26.9. The van der Waals surface area contributed by atoms with Crippen LogP contribution >= 0.6 is 11.3 Å². The lowest BCUT2D eigenvalue weighted by Gasteiger charge is -2.15. The maximum Gasteiger partial charge on any atom is 0.340 e. The quantitative estimate of drug-likeness (QED) is 0.254. The second-order valence-corrected chi connectivity index (χ2v) is 8.93. The van der Waals surface area contributed by atoms with Gasteiger partial charge < -0.3 is 29.4 Å². The van der Waals surface area contributed by atoms with Crippen molar-refractivity contribution in [3.63, 3.8) is 0 Å². The van der Waals surface area contributed by atoms with Gasteiger partial charge in [0.2, 0.25) is 5.78 Å². The summed E-state index contributed by atoms with van der Waals surface area (Å²) in [7, 11) is 7.36. The number of nitrogen functional groups attached to an aromatic ring is 1. The molecule has 0 saturated heterocycles. The van der Waals surface area contributed by atoms with Crippen LogP contribution in [0, 0.1) is 6.92 Å². The molecule has 0 aliphatic carbocycles. The average molecular weight is 523 g/mol. The number of aromatic nitrogens is 1. The van der Waals surface area contributed by atoms with Gasteiger partial charge in [-0.2, -0.15) is 0 Å². The highest BCUT2D eigenvalue weighted by atomic mass is 32.1. The first-order valence-corrected chi connectivity index (χ1v) is 11.9. The highest BCUT2D eigenvalue weighted by Crippen LogP contribution is 2.45. The van der Waals surface area contributed by atoms with Crippen LogP contribution in [-0.2, 0) is 4.74 Å². The summed E-state index contributed by atoms with van der Waals surface area (Å²) in [5.74, 6) is 0.969. The molecule has 0 saturated carbocycles. The number of esters is 1. The number of carbonyl (C=O) groups excluding carboxylic acids is 2. The SMILES string of the molecule is COC(=O)c1c(C)nc2sc(C(=O)c3ccc(OC)cc3OC)c(N)c2c1-c1ccc(OC)c(OC)c1. The van der Waals surface area contributed by atoms with Crippen molar-refractivity contribution in [2.24, 2.45) is 0 Å². The summed E-state index contributed by atoms with van der Waals surface area (Å²) in [6.45, 7) is 1.71. The van der Waals surface area contributed by atoms with Crippen molar-refractivity contribution >= 4 is 39.0 Å². The number of fused-ring (bicyclic) bond motifs is 1. The average Bonchev–Trinajstić information content (AvgIpc) is 3.25. The number of pyridine rings is 1. The number of hydrogen-bond acceptors (Lipinski definition) is 10. The van der Waals surface area contributed by atoms with Gasteiger partial charge in [0, 0.05) is 17.0 Å². The number of nitrogens with two attached hydrogens (primary N) is 1. The lowest BCUT2D eigenvalue weighted by Crippen LogP contribution is -2.09. The number of thiophene rings is 1. The van der Waals surface area contributed by atoms with Crippen LogP contribution < -0.4 is 24.7 Å². The summed E-state index contributed by atoms with van der Waals surface area (Å²) in [6.07, 6.45) is 0. The van der Waals surface area contributed by atoms with E-state index in [0.29, 0.717) is 55.6 Å². The van der Waals surface area contributed by atoms with E-state index >= 15 is 0 Å². The highest BCUT2D eigenvalue weighted by Gasteiger charge is 2.29. The second kappa shape index (κ2) is 10.4. The van der Waals surface area contributed by atoms with E-state index in [2.05, 4.69) is 4.98 Å². The zero-order valence-electron chi connectivity index (χ0n) is 21.3. The van der Waals surface area contributed by atoms with Crippen molar-refractivity contribution in [3.8, 4) is 34.1 Å². The lowest BCUT2D eigenvalue weighted by atomic mass is 9.94. The Morgan fingerprint density at radius 3 is 2.19 bits per heavy atom. The molecule has 2 N–H and O–H groups in total. The summed E-state index contributed by atoms with van der Waals surface area (Å²) in [5.41, 5.74) is 8.94. The van der Waals surface area contributed by atoms with Crippen molar-refractivity contribution < 1.29 is 33.3 Å². The number of ether oxygens (including phenoxy) is 5. The number of benzene rings is 2. The van der Waals surface area contributed by atoms with Gasteiger partial charge in [0.1, 0.15) is 21.2 Å². The Morgan fingerprint density at radius 2 is 1.57 bits per heavy atom. The molecule has 2 aromatic carbocycles. The fourth-order valence-electron chi connectivity index (χ4n) is 4.18. The van der Waals surface area contributed by atoms with E-state index < -0.39 is 5.97 Å². The van der Waals surface area contributed by atoms with Gasteiger partial charge in [-0.1, -0.05) is 6.07 Å². The normalized spacial score (nSPS) is 10.8. The third kappa shape index (κ3) is 4.40. The molecule has 37 heavy (non-hydrogen) atoms. The van der Waals surface area contributed by atoms with E-state index in [1.807, 2.05) is 0 Å². The van der Waals surface area contributed by atoms with Gasteiger partial charge in [-0.05, 0) is 36.8 Å². The maximum atomic E-state index is 13.7. The molecule has 0 atom stereocenters. The molecule has 10 heteroatoms. The molecule has 9 nitrogen and oxygen atoms in total. The summed E-state index contributed by atoms with van der Waals surface area (Å²) < 4.78 is 26.6. The van der Waals surface area contributed by atoms with E-state index in [4.69, 9.17) is 29.4 Å².